The molecule has 0 saturated carbocycles. The van der Waals surface area contributed by atoms with Crippen LogP contribution in [0.5, 0.6) is 0 Å². The van der Waals surface area contributed by atoms with Gasteiger partial charge in [0.2, 0.25) is 0 Å². The van der Waals surface area contributed by atoms with Crippen molar-refractivity contribution in [2.24, 2.45) is 0 Å². The van der Waals surface area contributed by atoms with Gasteiger partial charge in [-0.1, -0.05) is 18.2 Å². The molecule has 0 aromatic carbocycles. The minimum absolute atomic E-state index is 0.517. The van der Waals surface area contributed by atoms with Crippen molar-refractivity contribution >= 4 is 0 Å². The average molecular weight is 167 g/mol. The third-order valence-corrected chi connectivity index (χ3v) is 2.63. The summed E-state index contributed by atoms with van der Waals surface area (Å²) >= 11 is 0. The normalized spacial score (nSPS) is 36.1. The lowest BCUT2D eigenvalue weighted by atomic mass is 10.1. The molecule has 1 heterocycles. The van der Waals surface area contributed by atoms with Crippen LogP contribution in [-0.4, -0.2) is 23.8 Å². The van der Waals surface area contributed by atoms with Crippen LogP contribution >= 0.6 is 0 Å². The highest BCUT2D eigenvalue weighted by molar-refractivity contribution is 5.17. The molecule has 0 radical (unpaired) electrons. The first-order valence-corrected chi connectivity index (χ1v) is 4.60. The Morgan fingerprint density at radius 2 is 1.92 bits per heavy atom. The zero-order chi connectivity index (χ0) is 8.44. The Labute approximate surface area is 72.6 Å². The first kappa shape index (κ1) is 7.99. The molecule has 1 fully saturated rings. The van der Waals surface area contributed by atoms with Crippen molar-refractivity contribution in [3.05, 3.63) is 24.3 Å². The van der Waals surface area contributed by atoms with Crippen LogP contribution in [0.4, 0.5) is 4.39 Å². The van der Waals surface area contributed by atoms with Crippen molar-refractivity contribution in [2.75, 3.05) is 13.1 Å². The molecule has 0 bridgehead atoms. The van der Waals surface area contributed by atoms with Crippen LogP contribution in [0, 0.1) is 0 Å². The van der Waals surface area contributed by atoms with E-state index in [1.807, 2.05) is 23.1 Å². The fourth-order valence-corrected chi connectivity index (χ4v) is 1.91. The number of nitrogens with zero attached hydrogens (tertiary/aromatic N) is 1. The zero-order valence-corrected chi connectivity index (χ0v) is 7.17. The number of halogens is 1. The van der Waals surface area contributed by atoms with Gasteiger partial charge in [0, 0.05) is 19.5 Å². The molecule has 1 saturated heterocycles. The minimum Gasteiger partial charge on any atom is -0.268 e. The summed E-state index contributed by atoms with van der Waals surface area (Å²) in [6, 6.07) is 0. The first-order valence-electron chi connectivity index (χ1n) is 4.60. The molecule has 0 unspecified atom stereocenters. The van der Waals surface area contributed by atoms with Crippen LogP contribution in [0.3, 0.4) is 0 Å². The van der Waals surface area contributed by atoms with Gasteiger partial charge in [-0.25, -0.2) is 4.39 Å². The van der Waals surface area contributed by atoms with E-state index in [1.54, 1.807) is 6.08 Å². The molecule has 66 valence electrons. The van der Waals surface area contributed by atoms with Crippen molar-refractivity contribution in [1.82, 2.24) is 4.90 Å². The van der Waals surface area contributed by atoms with E-state index in [1.165, 1.54) is 0 Å². The van der Waals surface area contributed by atoms with Gasteiger partial charge in [0.15, 0.2) is 5.79 Å². The van der Waals surface area contributed by atoms with Crippen LogP contribution in [0.1, 0.15) is 19.3 Å². The van der Waals surface area contributed by atoms with E-state index in [0.29, 0.717) is 6.42 Å². The molecule has 2 rings (SSSR count). The standard InChI is InChI=1S/C10H14FN/c11-10(6-2-1-3-7-10)12-8-4-5-9-12/h1-3,6H,4-5,7-9H2/t10-/m1/s1. The Morgan fingerprint density at radius 3 is 2.50 bits per heavy atom. The van der Waals surface area contributed by atoms with Crippen LogP contribution in [0.15, 0.2) is 24.3 Å². The quantitative estimate of drug-likeness (QED) is 0.541. The number of alkyl halides is 1. The van der Waals surface area contributed by atoms with Gasteiger partial charge in [0.25, 0.3) is 0 Å². The predicted octanol–water partition coefficient (Wildman–Crippen LogP) is 2.26. The predicted molar refractivity (Wildman–Crippen MR) is 47.5 cm³/mol. The molecule has 0 aromatic rings. The Hall–Kier alpha value is -0.630. The average Bonchev–Trinajstić information content (AvgIpc) is 2.58. The highest BCUT2D eigenvalue weighted by Gasteiger charge is 2.35. The summed E-state index contributed by atoms with van der Waals surface area (Å²) in [6.45, 7) is 1.82. The van der Waals surface area contributed by atoms with E-state index >= 15 is 0 Å². The lowest BCUT2D eigenvalue weighted by Crippen LogP contribution is -2.41. The van der Waals surface area contributed by atoms with Gasteiger partial charge in [-0.05, 0) is 18.9 Å². The topological polar surface area (TPSA) is 3.24 Å². The molecule has 2 aliphatic rings. The molecule has 1 aliphatic heterocycles. The summed E-state index contributed by atoms with van der Waals surface area (Å²) in [7, 11) is 0. The molecule has 0 spiro atoms. The fraction of sp³-hybridized carbons (Fsp3) is 0.600. The lowest BCUT2D eigenvalue weighted by Gasteiger charge is -2.32. The number of hydrogen-bond donors (Lipinski definition) is 0. The zero-order valence-electron chi connectivity index (χ0n) is 7.17. The number of allylic oxidation sites excluding steroid dienone is 2. The molecule has 0 amide bonds. The molecular formula is C10H14FN. The molecule has 1 nitrogen and oxygen atoms in total. The second-order valence-corrected chi connectivity index (χ2v) is 3.50. The summed E-state index contributed by atoms with van der Waals surface area (Å²) in [6.07, 6.45) is 10.1. The van der Waals surface area contributed by atoms with Crippen molar-refractivity contribution in [1.29, 1.82) is 0 Å². The molecule has 0 aromatic heterocycles. The smallest absolute Gasteiger partial charge is 0.186 e. The Morgan fingerprint density at radius 1 is 1.17 bits per heavy atom. The maximum atomic E-state index is 14.1. The third-order valence-electron chi connectivity index (χ3n) is 2.63. The largest absolute Gasteiger partial charge is 0.268 e. The van der Waals surface area contributed by atoms with E-state index in [2.05, 4.69) is 0 Å². The highest BCUT2D eigenvalue weighted by atomic mass is 19.1. The van der Waals surface area contributed by atoms with Crippen LogP contribution in [0.2, 0.25) is 0 Å². The maximum absolute atomic E-state index is 14.1. The van der Waals surface area contributed by atoms with Crippen molar-refractivity contribution in [2.45, 2.75) is 25.1 Å². The van der Waals surface area contributed by atoms with Gasteiger partial charge < -0.3 is 0 Å². The second-order valence-electron chi connectivity index (χ2n) is 3.50. The molecular weight excluding hydrogens is 153 g/mol. The second kappa shape index (κ2) is 3.02. The van der Waals surface area contributed by atoms with Gasteiger partial charge in [0.1, 0.15) is 0 Å². The SMILES string of the molecule is F[C@@]1(N2CCCC2)C=CC=CC1. The van der Waals surface area contributed by atoms with Gasteiger partial charge in [-0.3, -0.25) is 4.90 Å². The van der Waals surface area contributed by atoms with E-state index in [4.69, 9.17) is 0 Å². The third kappa shape index (κ3) is 1.31. The fourth-order valence-electron chi connectivity index (χ4n) is 1.91. The lowest BCUT2D eigenvalue weighted by molar-refractivity contribution is 0.0302. The summed E-state index contributed by atoms with van der Waals surface area (Å²) in [5.74, 6) is -1.18. The van der Waals surface area contributed by atoms with E-state index in [0.717, 1.165) is 25.9 Å². The van der Waals surface area contributed by atoms with Crippen LogP contribution < -0.4 is 0 Å². The first-order chi connectivity index (χ1) is 5.81. The van der Waals surface area contributed by atoms with Crippen LogP contribution in [-0.2, 0) is 0 Å². The van der Waals surface area contributed by atoms with Crippen molar-refractivity contribution in [3.8, 4) is 0 Å². The van der Waals surface area contributed by atoms with Gasteiger partial charge >= 0.3 is 0 Å². The number of rotatable bonds is 1. The van der Waals surface area contributed by atoms with E-state index < -0.39 is 5.79 Å². The summed E-state index contributed by atoms with van der Waals surface area (Å²) in [5, 5.41) is 0. The van der Waals surface area contributed by atoms with Gasteiger partial charge in [-0.15, -0.1) is 0 Å². The van der Waals surface area contributed by atoms with E-state index in [-0.39, 0.29) is 0 Å². The summed E-state index contributed by atoms with van der Waals surface area (Å²) in [5.41, 5.74) is 0. The molecule has 2 heteroatoms. The molecule has 1 atom stereocenters. The van der Waals surface area contributed by atoms with Gasteiger partial charge in [-0.2, -0.15) is 0 Å². The Bertz CT molecular complexity index is 216. The minimum atomic E-state index is -1.18. The summed E-state index contributed by atoms with van der Waals surface area (Å²) < 4.78 is 14.1. The molecule has 1 aliphatic carbocycles. The Balaban J connectivity index is 2.09. The Kier molecular flexibility index (Phi) is 2.01. The maximum Gasteiger partial charge on any atom is 0.186 e. The number of hydrogen-bond acceptors (Lipinski definition) is 1. The summed E-state index contributed by atoms with van der Waals surface area (Å²) in [4.78, 5) is 1.94. The molecule has 0 N–H and O–H groups in total. The van der Waals surface area contributed by atoms with Crippen molar-refractivity contribution in [3.63, 3.8) is 0 Å². The van der Waals surface area contributed by atoms with Crippen molar-refractivity contribution < 1.29 is 4.39 Å². The monoisotopic (exact) mass is 167 g/mol. The van der Waals surface area contributed by atoms with Crippen LogP contribution in [0.25, 0.3) is 0 Å². The molecule has 12 heavy (non-hydrogen) atoms. The van der Waals surface area contributed by atoms with E-state index in [9.17, 15) is 4.39 Å². The van der Waals surface area contributed by atoms with Gasteiger partial charge in [0.05, 0.1) is 0 Å². The number of likely N-dealkylation sites (tertiary alicyclic amines) is 1. The highest BCUT2D eigenvalue weighted by Crippen LogP contribution is 2.30.